The van der Waals surface area contributed by atoms with Crippen LogP contribution in [0.3, 0.4) is 0 Å². The van der Waals surface area contributed by atoms with Crippen LogP contribution in [0.1, 0.15) is 46.5 Å². The lowest BCUT2D eigenvalue weighted by Crippen LogP contribution is -2.19. The lowest BCUT2D eigenvalue weighted by atomic mass is 10.2. The topological polar surface area (TPSA) is 81.2 Å². The lowest BCUT2D eigenvalue weighted by Gasteiger charge is -2.10. The van der Waals surface area contributed by atoms with E-state index in [0.29, 0.717) is 28.9 Å². The third-order valence-electron chi connectivity index (χ3n) is 2.57. The number of nitrogens with one attached hydrogen (secondary N) is 1. The number of unbranched alkanes of at least 4 members (excludes halogenated alkanes) is 1. The Kier molecular flexibility index (Phi) is 8.29. The van der Waals surface area contributed by atoms with Crippen LogP contribution < -0.4 is 5.32 Å². The number of carbonyl (C=O) groups excluding carboxylic acids is 2. The largest absolute Gasteiger partial charge is 0.465 e. The molecule has 0 unspecified atom stereocenters. The molecule has 21 heavy (non-hydrogen) atoms. The number of nitrogens with zero attached hydrogens (tertiary/aromatic N) is 2. The van der Waals surface area contributed by atoms with Gasteiger partial charge >= 0.3 is 5.97 Å². The predicted molar refractivity (Wildman–Crippen MR) is 84.6 cm³/mol. The minimum atomic E-state index is -0.290. The zero-order chi connectivity index (χ0) is 15.7. The summed E-state index contributed by atoms with van der Waals surface area (Å²) in [7, 11) is 0. The fraction of sp³-hybridized carbons (Fsp3) is 0.692. The molecule has 0 aromatic carbocycles. The molecule has 118 valence electrons. The smallest absolute Gasteiger partial charge is 0.319 e. The predicted octanol–water partition coefficient (Wildman–Crippen LogP) is 3.10. The molecule has 1 N–H and O–H groups in total. The van der Waals surface area contributed by atoms with Crippen molar-refractivity contribution in [2.45, 2.75) is 56.0 Å². The van der Waals surface area contributed by atoms with Crippen LogP contribution in [0.15, 0.2) is 4.34 Å². The van der Waals surface area contributed by atoms with Crippen molar-refractivity contribution in [2.75, 3.05) is 11.9 Å². The third-order valence-corrected chi connectivity index (χ3v) is 4.84. The van der Waals surface area contributed by atoms with Crippen LogP contribution in [0.2, 0.25) is 0 Å². The summed E-state index contributed by atoms with van der Waals surface area (Å²) in [4.78, 5) is 23.3. The first-order valence-electron chi connectivity index (χ1n) is 7.07. The van der Waals surface area contributed by atoms with Crippen LogP contribution in [0.25, 0.3) is 0 Å². The van der Waals surface area contributed by atoms with E-state index in [4.69, 9.17) is 4.74 Å². The van der Waals surface area contributed by atoms with Gasteiger partial charge in [-0.2, -0.15) is 0 Å². The van der Waals surface area contributed by atoms with Gasteiger partial charge in [-0.15, -0.1) is 10.2 Å². The van der Waals surface area contributed by atoms with Crippen molar-refractivity contribution in [3.63, 3.8) is 0 Å². The third kappa shape index (κ3) is 6.43. The first kappa shape index (κ1) is 17.9. The number of carbonyl (C=O) groups is 2. The Balaban J connectivity index is 2.54. The summed E-state index contributed by atoms with van der Waals surface area (Å²) in [6.07, 6.45) is 2.97. The van der Waals surface area contributed by atoms with Crippen LogP contribution >= 0.6 is 23.1 Å². The van der Waals surface area contributed by atoms with Gasteiger partial charge in [0.05, 0.1) is 6.61 Å². The summed E-state index contributed by atoms with van der Waals surface area (Å²) in [6, 6.07) is 0. The molecule has 8 heteroatoms. The Bertz CT molecular complexity index is 465. The molecule has 0 saturated heterocycles. The first-order chi connectivity index (χ1) is 10.1. The van der Waals surface area contributed by atoms with Crippen molar-refractivity contribution in [3.05, 3.63) is 0 Å². The summed E-state index contributed by atoms with van der Waals surface area (Å²) in [5.41, 5.74) is 0. The van der Waals surface area contributed by atoms with Crippen LogP contribution in [0.5, 0.6) is 0 Å². The normalized spacial score (nSPS) is 12.0. The number of hydrogen-bond donors (Lipinski definition) is 1. The van der Waals surface area contributed by atoms with E-state index in [9.17, 15) is 9.59 Å². The van der Waals surface area contributed by atoms with Gasteiger partial charge in [0.15, 0.2) is 4.34 Å². The van der Waals surface area contributed by atoms with E-state index in [1.807, 2.05) is 13.8 Å². The standard InChI is InChI=1S/C13H21N3O3S2/c1-4-7-8-10(17)14-12-15-16-13(21-12)20-9(5-2)11(18)19-6-3/h9H,4-8H2,1-3H3,(H,14,15,17)/t9-/m0/s1. The van der Waals surface area contributed by atoms with Gasteiger partial charge in [-0.25, -0.2) is 0 Å². The van der Waals surface area contributed by atoms with Gasteiger partial charge in [-0.05, 0) is 19.8 Å². The molecule has 1 atom stereocenters. The van der Waals surface area contributed by atoms with Crippen molar-refractivity contribution in [1.82, 2.24) is 10.2 Å². The molecule has 1 aromatic rings. The van der Waals surface area contributed by atoms with Gasteiger partial charge in [-0.1, -0.05) is 43.4 Å². The number of hydrogen-bond acceptors (Lipinski definition) is 7. The molecule has 1 heterocycles. The van der Waals surface area contributed by atoms with Crippen molar-refractivity contribution < 1.29 is 14.3 Å². The summed E-state index contributed by atoms with van der Waals surface area (Å²) < 4.78 is 5.66. The Hall–Kier alpha value is -1.15. The zero-order valence-corrected chi connectivity index (χ0v) is 14.2. The minimum Gasteiger partial charge on any atom is -0.465 e. The highest BCUT2D eigenvalue weighted by Gasteiger charge is 2.21. The molecule has 0 spiro atoms. The minimum absolute atomic E-state index is 0.0537. The van der Waals surface area contributed by atoms with Gasteiger partial charge in [0.1, 0.15) is 5.25 Å². The van der Waals surface area contributed by atoms with Gasteiger partial charge < -0.3 is 10.1 Å². The SMILES string of the molecule is CCCCC(=O)Nc1nnc(S[C@@H](CC)C(=O)OCC)s1. The molecule has 0 radical (unpaired) electrons. The Morgan fingerprint density at radius 3 is 2.71 bits per heavy atom. The number of aromatic nitrogens is 2. The second-order valence-corrected chi connectivity index (χ2v) is 6.72. The quantitative estimate of drug-likeness (QED) is 0.425. The highest BCUT2D eigenvalue weighted by Crippen LogP contribution is 2.31. The van der Waals surface area contributed by atoms with Gasteiger partial charge in [0.25, 0.3) is 0 Å². The molecule has 0 bridgehead atoms. The molecule has 0 aliphatic carbocycles. The number of anilines is 1. The summed E-state index contributed by atoms with van der Waals surface area (Å²) >= 11 is 2.60. The highest BCUT2D eigenvalue weighted by molar-refractivity contribution is 8.02. The van der Waals surface area contributed by atoms with E-state index in [1.54, 1.807) is 6.92 Å². The molecular weight excluding hydrogens is 310 g/mol. The number of thioether (sulfide) groups is 1. The zero-order valence-electron chi connectivity index (χ0n) is 12.5. The van der Waals surface area contributed by atoms with Gasteiger partial charge in [-0.3, -0.25) is 9.59 Å². The summed E-state index contributed by atoms with van der Waals surface area (Å²) in [5.74, 6) is -0.296. The van der Waals surface area contributed by atoms with Crippen LogP contribution in [-0.2, 0) is 14.3 Å². The second-order valence-electron chi connectivity index (χ2n) is 4.29. The monoisotopic (exact) mass is 331 g/mol. The van der Waals surface area contributed by atoms with Crippen LogP contribution in [-0.4, -0.2) is 33.9 Å². The van der Waals surface area contributed by atoms with Crippen molar-refractivity contribution in [1.29, 1.82) is 0 Å². The average molecular weight is 331 g/mol. The molecular formula is C13H21N3O3S2. The first-order valence-corrected chi connectivity index (χ1v) is 8.76. The maximum Gasteiger partial charge on any atom is 0.319 e. The summed E-state index contributed by atoms with van der Waals surface area (Å²) in [5, 5.41) is 10.8. The molecule has 1 aromatic heterocycles. The average Bonchev–Trinajstić information content (AvgIpc) is 2.89. The van der Waals surface area contributed by atoms with Crippen molar-refractivity contribution in [3.8, 4) is 0 Å². The van der Waals surface area contributed by atoms with Crippen LogP contribution in [0.4, 0.5) is 5.13 Å². The van der Waals surface area contributed by atoms with Gasteiger partial charge in [0, 0.05) is 6.42 Å². The Labute approximate surface area is 133 Å². The number of rotatable bonds is 9. The van der Waals surface area contributed by atoms with E-state index >= 15 is 0 Å². The maximum absolute atomic E-state index is 11.7. The van der Waals surface area contributed by atoms with E-state index in [-0.39, 0.29) is 17.1 Å². The van der Waals surface area contributed by atoms with E-state index < -0.39 is 0 Å². The second kappa shape index (κ2) is 9.73. The molecule has 0 saturated carbocycles. The van der Waals surface area contributed by atoms with Crippen molar-refractivity contribution in [2.24, 2.45) is 0 Å². The number of amides is 1. The van der Waals surface area contributed by atoms with Crippen molar-refractivity contribution >= 4 is 40.1 Å². The number of ether oxygens (including phenoxy) is 1. The molecule has 0 fully saturated rings. The molecule has 1 rings (SSSR count). The maximum atomic E-state index is 11.7. The Morgan fingerprint density at radius 1 is 1.33 bits per heavy atom. The van der Waals surface area contributed by atoms with E-state index in [0.717, 1.165) is 12.8 Å². The fourth-order valence-electron chi connectivity index (χ4n) is 1.48. The number of esters is 1. The highest BCUT2D eigenvalue weighted by atomic mass is 32.2. The molecule has 6 nitrogen and oxygen atoms in total. The van der Waals surface area contributed by atoms with Crippen LogP contribution in [0, 0.1) is 0 Å². The lowest BCUT2D eigenvalue weighted by molar-refractivity contribution is -0.142. The van der Waals surface area contributed by atoms with E-state index in [2.05, 4.69) is 15.5 Å². The molecule has 1 amide bonds. The van der Waals surface area contributed by atoms with E-state index in [1.165, 1.54) is 23.1 Å². The molecule has 0 aliphatic rings. The molecule has 0 aliphatic heterocycles. The fourth-order valence-corrected chi connectivity index (χ4v) is 3.42. The van der Waals surface area contributed by atoms with Gasteiger partial charge in [0.2, 0.25) is 11.0 Å². The summed E-state index contributed by atoms with van der Waals surface area (Å²) in [6.45, 7) is 6.10. The Morgan fingerprint density at radius 2 is 2.10 bits per heavy atom.